The first-order chi connectivity index (χ1) is 6.52. The average molecular weight is 206 g/mol. The molecule has 0 aliphatic heterocycles. The van der Waals surface area contributed by atoms with E-state index in [-0.39, 0.29) is 6.61 Å². The second-order valence-corrected chi connectivity index (χ2v) is 2.64. The molecule has 0 aliphatic rings. The van der Waals surface area contributed by atoms with Crippen LogP contribution < -0.4 is 11.1 Å². The van der Waals surface area contributed by atoms with Crippen LogP contribution in [0, 0.1) is 0 Å². The third kappa shape index (κ3) is 4.17. The van der Waals surface area contributed by atoms with E-state index in [2.05, 4.69) is 10.1 Å². The summed E-state index contributed by atoms with van der Waals surface area (Å²) in [4.78, 5) is 21.5. The van der Waals surface area contributed by atoms with Crippen molar-refractivity contribution in [2.75, 3.05) is 20.3 Å². The van der Waals surface area contributed by atoms with Crippen molar-refractivity contribution in [3.63, 3.8) is 0 Å². The van der Waals surface area contributed by atoms with Gasteiger partial charge in [-0.2, -0.15) is 0 Å². The molecule has 7 heteroatoms. The summed E-state index contributed by atoms with van der Waals surface area (Å²) in [5.41, 5.74) is 5.32. The van der Waals surface area contributed by atoms with Gasteiger partial charge in [0.15, 0.2) is 0 Å². The van der Waals surface area contributed by atoms with Gasteiger partial charge in [0.1, 0.15) is 12.1 Å². The maximum absolute atomic E-state index is 11.1. The quantitative estimate of drug-likeness (QED) is 0.382. The lowest BCUT2D eigenvalue weighted by Gasteiger charge is -2.15. The first kappa shape index (κ1) is 12.8. The predicted molar refractivity (Wildman–Crippen MR) is 46.5 cm³/mol. The van der Waals surface area contributed by atoms with E-state index in [1.165, 1.54) is 7.11 Å². The van der Waals surface area contributed by atoms with Gasteiger partial charge >= 0.3 is 5.97 Å². The van der Waals surface area contributed by atoms with E-state index in [9.17, 15) is 9.59 Å². The SMILES string of the molecule is COCC(N)C(=O)N[C@@H](CO)C(=O)O. The monoisotopic (exact) mass is 206 g/mol. The van der Waals surface area contributed by atoms with E-state index in [1.807, 2.05) is 0 Å². The predicted octanol–water partition coefficient (Wildman–Crippen LogP) is -2.48. The van der Waals surface area contributed by atoms with Crippen molar-refractivity contribution >= 4 is 11.9 Å². The molecule has 0 fully saturated rings. The normalized spacial score (nSPS) is 14.5. The molecule has 1 unspecified atom stereocenters. The lowest BCUT2D eigenvalue weighted by molar-refractivity contribution is -0.143. The van der Waals surface area contributed by atoms with Crippen LogP contribution in [0.4, 0.5) is 0 Å². The Balaban J connectivity index is 4.08. The molecular formula is C7H14N2O5. The molecule has 2 atom stereocenters. The fraction of sp³-hybridized carbons (Fsp3) is 0.714. The molecule has 7 nitrogen and oxygen atoms in total. The highest BCUT2D eigenvalue weighted by molar-refractivity contribution is 5.86. The van der Waals surface area contributed by atoms with Crippen molar-refractivity contribution in [1.29, 1.82) is 0 Å². The second-order valence-electron chi connectivity index (χ2n) is 2.64. The van der Waals surface area contributed by atoms with Crippen LogP contribution in [0.2, 0.25) is 0 Å². The number of nitrogens with two attached hydrogens (primary N) is 1. The number of carboxylic acid groups (broad SMARTS) is 1. The van der Waals surface area contributed by atoms with Crippen molar-refractivity contribution < 1.29 is 24.5 Å². The number of hydrogen-bond acceptors (Lipinski definition) is 5. The Morgan fingerprint density at radius 2 is 2.14 bits per heavy atom. The standard InChI is InChI=1S/C7H14N2O5/c1-14-3-4(8)6(11)9-5(2-10)7(12)13/h4-5,10H,2-3,8H2,1H3,(H,9,11)(H,12,13)/t4?,5-/m0/s1. The maximum atomic E-state index is 11.1. The van der Waals surface area contributed by atoms with Gasteiger partial charge in [0, 0.05) is 7.11 Å². The Hall–Kier alpha value is -1.18. The van der Waals surface area contributed by atoms with Crippen LogP contribution in [0.1, 0.15) is 0 Å². The molecule has 0 bridgehead atoms. The lowest BCUT2D eigenvalue weighted by atomic mass is 10.2. The van der Waals surface area contributed by atoms with Gasteiger partial charge in [-0.1, -0.05) is 0 Å². The van der Waals surface area contributed by atoms with Crippen LogP contribution in [0.3, 0.4) is 0 Å². The van der Waals surface area contributed by atoms with Crippen molar-refractivity contribution in [2.45, 2.75) is 12.1 Å². The summed E-state index contributed by atoms with van der Waals surface area (Å²) in [5, 5.41) is 19.1. The highest BCUT2D eigenvalue weighted by Gasteiger charge is 2.22. The number of rotatable bonds is 6. The molecule has 0 aromatic carbocycles. The third-order valence-corrected chi connectivity index (χ3v) is 1.48. The van der Waals surface area contributed by atoms with Crippen LogP contribution in [0.15, 0.2) is 0 Å². The van der Waals surface area contributed by atoms with Crippen molar-refractivity contribution in [3.05, 3.63) is 0 Å². The average Bonchev–Trinajstić information content (AvgIpc) is 2.13. The van der Waals surface area contributed by atoms with Crippen LogP contribution in [0.5, 0.6) is 0 Å². The first-order valence-electron chi connectivity index (χ1n) is 3.91. The summed E-state index contributed by atoms with van der Waals surface area (Å²) in [6.45, 7) is -0.690. The Morgan fingerprint density at radius 3 is 2.50 bits per heavy atom. The largest absolute Gasteiger partial charge is 0.480 e. The number of carbonyl (C=O) groups is 2. The third-order valence-electron chi connectivity index (χ3n) is 1.48. The van der Waals surface area contributed by atoms with E-state index in [1.54, 1.807) is 0 Å². The van der Waals surface area contributed by atoms with E-state index < -0.39 is 30.6 Å². The molecule has 0 saturated carbocycles. The summed E-state index contributed by atoms with van der Waals surface area (Å²) in [6.07, 6.45) is 0. The highest BCUT2D eigenvalue weighted by atomic mass is 16.5. The second kappa shape index (κ2) is 6.30. The van der Waals surface area contributed by atoms with Crippen LogP contribution in [-0.4, -0.2) is 54.5 Å². The molecule has 0 aliphatic carbocycles. The number of hydrogen-bond donors (Lipinski definition) is 4. The minimum Gasteiger partial charge on any atom is -0.480 e. The molecule has 1 amide bonds. The Kier molecular flexibility index (Phi) is 5.77. The number of carboxylic acids is 1. The van der Waals surface area contributed by atoms with Crippen molar-refractivity contribution in [1.82, 2.24) is 5.32 Å². The first-order valence-corrected chi connectivity index (χ1v) is 3.91. The molecule has 82 valence electrons. The van der Waals surface area contributed by atoms with Crippen LogP contribution >= 0.6 is 0 Å². The van der Waals surface area contributed by atoms with Crippen molar-refractivity contribution in [2.24, 2.45) is 5.73 Å². The smallest absolute Gasteiger partial charge is 0.328 e. The summed E-state index contributed by atoms with van der Waals surface area (Å²) in [6, 6.07) is -2.26. The van der Waals surface area contributed by atoms with Gasteiger partial charge in [0.05, 0.1) is 13.2 Å². The van der Waals surface area contributed by atoms with Crippen LogP contribution in [-0.2, 0) is 14.3 Å². The number of aliphatic hydroxyl groups is 1. The minimum absolute atomic E-state index is 0.0103. The summed E-state index contributed by atoms with van der Waals surface area (Å²) >= 11 is 0. The molecule has 0 rings (SSSR count). The molecule has 0 aromatic rings. The summed E-state index contributed by atoms with van der Waals surface area (Å²) in [5.74, 6) is -1.99. The van der Waals surface area contributed by atoms with E-state index in [0.29, 0.717) is 0 Å². The van der Waals surface area contributed by atoms with E-state index in [4.69, 9.17) is 15.9 Å². The number of aliphatic carboxylic acids is 1. The fourth-order valence-electron chi connectivity index (χ4n) is 0.719. The number of methoxy groups -OCH3 is 1. The maximum Gasteiger partial charge on any atom is 0.328 e. The van der Waals surface area contributed by atoms with Gasteiger partial charge in [-0.25, -0.2) is 4.79 Å². The summed E-state index contributed by atoms with van der Waals surface area (Å²) < 4.78 is 4.60. The lowest BCUT2D eigenvalue weighted by Crippen LogP contribution is -2.51. The van der Waals surface area contributed by atoms with Gasteiger partial charge in [-0.05, 0) is 0 Å². The molecule has 0 aromatic heterocycles. The van der Waals surface area contributed by atoms with Gasteiger partial charge in [0.25, 0.3) is 0 Å². The topological polar surface area (TPSA) is 122 Å². The van der Waals surface area contributed by atoms with Gasteiger partial charge in [-0.15, -0.1) is 0 Å². The molecule has 5 N–H and O–H groups in total. The minimum atomic E-state index is -1.33. The van der Waals surface area contributed by atoms with Gasteiger partial charge in [0.2, 0.25) is 5.91 Å². The zero-order chi connectivity index (χ0) is 11.1. The van der Waals surface area contributed by atoms with Gasteiger partial charge < -0.3 is 26.0 Å². The zero-order valence-electron chi connectivity index (χ0n) is 7.77. The molecular weight excluding hydrogens is 192 g/mol. The molecule has 0 saturated heterocycles. The fourth-order valence-corrected chi connectivity index (χ4v) is 0.719. The molecule has 14 heavy (non-hydrogen) atoms. The number of amides is 1. The number of ether oxygens (including phenoxy) is 1. The van der Waals surface area contributed by atoms with Crippen LogP contribution in [0.25, 0.3) is 0 Å². The Bertz CT molecular complexity index is 208. The Labute approximate surface area is 80.8 Å². The molecule has 0 radical (unpaired) electrons. The number of aliphatic hydroxyl groups excluding tert-OH is 1. The van der Waals surface area contributed by atoms with Crippen molar-refractivity contribution in [3.8, 4) is 0 Å². The molecule has 0 spiro atoms. The number of nitrogens with one attached hydrogen (secondary N) is 1. The highest BCUT2D eigenvalue weighted by Crippen LogP contribution is 1.86. The Morgan fingerprint density at radius 1 is 1.57 bits per heavy atom. The van der Waals surface area contributed by atoms with E-state index >= 15 is 0 Å². The number of carbonyl (C=O) groups excluding carboxylic acids is 1. The zero-order valence-corrected chi connectivity index (χ0v) is 7.77. The van der Waals surface area contributed by atoms with E-state index in [0.717, 1.165) is 0 Å². The van der Waals surface area contributed by atoms with Gasteiger partial charge in [-0.3, -0.25) is 4.79 Å². The summed E-state index contributed by atoms with van der Waals surface area (Å²) in [7, 11) is 1.37. The molecule has 0 heterocycles.